The normalized spacial score (nSPS) is 16.0. The number of benzene rings is 2. The average Bonchev–Trinajstić information content (AvgIpc) is 3.05. The van der Waals surface area contributed by atoms with Crippen molar-refractivity contribution in [3.05, 3.63) is 59.2 Å². The summed E-state index contributed by atoms with van der Waals surface area (Å²) in [5, 5.41) is 1.18. The molecule has 1 aromatic heterocycles. The van der Waals surface area contributed by atoms with E-state index in [9.17, 15) is 0 Å². The van der Waals surface area contributed by atoms with Crippen molar-refractivity contribution in [2.75, 3.05) is 26.5 Å². The number of nitrogens with zero attached hydrogens (tertiary/aromatic N) is 2. The third kappa shape index (κ3) is 3.19. The molecule has 0 radical (unpaired) electrons. The van der Waals surface area contributed by atoms with Crippen molar-refractivity contribution in [1.82, 2.24) is 9.88 Å². The number of hydrogen-bond donors (Lipinski definition) is 0. The van der Waals surface area contributed by atoms with Crippen molar-refractivity contribution in [1.29, 1.82) is 0 Å². The Hall–Kier alpha value is -2.79. The van der Waals surface area contributed by atoms with Crippen LogP contribution in [0.25, 0.3) is 10.9 Å². The standard InChI is InChI=1S/C22H22N2O3/c1-15-3-2-4-17-12-18-13-24(9-10-25-22(18)23-21(15)17)8-7-16-5-6-19-20(11-16)27-14-26-19/h2-6,11-12H,7-10,13-14H2,1H3. The van der Waals surface area contributed by atoms with Gasteiger partial charge in [0.15, 0.2) is 11.5 Å². The average molecular weight is 362 g/mol. The summed E-state index contributed by atoms with van der Waals surface area (Å²) in [7, 11) is 0. The Morgan fingerprint density at radius 2 is 1.96 bits per heavy atom. The summed E-state index contributed by atoms with van der Waals surface area (Å²) in [6.07, 6.45) is 0.964. The Kier molecular flexibility index (Phi) is 4.09. The Bertz CT molecular complexity index is 1000. The molecule has 0 fully saturated rings. The number of fused-ring (bicyclic) bond motifs is 3. The van der Waals surface area contributed by atoms with Crippen molar-refractivity contribution >= 4 is 10.9 Å². The zero-order chi connectivity index (χ0) is 18.2. The topological polar surface area (TPSA) is 43.8 Å². The molecule has 2 aliphatic heterocycles. The van der Waals surface area contributed by atoms with E-state index in [0.717, 1.165) is 54.5 Å². The van der Waals surface area contributed by atoms with E-state index in [-0.39, 0.29) is 0 Å². The third-order valence-corrected chi connectivity index (χ3v) is 5.28. The Labute approximate surface area is 158 Å². The zero-order valence-corrected chi connectivity index (χ0v) is 15.4. The lowest BCUT2D eigenvalue weighted by Crippen LogP contribution is -2.27. The molecule has 0 N–H and O–H groups in total. The van der Waals surface area contributed by atoms with E-state index in [2.05, 4.69) is 48.2 Å². The Balaban J connectivity index is 1.33. The molecule has 27 heavy (non-hydrogen) atoms. The number of aryl methyl sites for hydroxylation is 1. The van der Waals surface area contributed by atoms with Gasteiger partial charge >= 0.3 is 0 Å². The molecule has 0 unspecified atom stereocenters. The number of ether oxygens (including phenoxy) is 3. The predicted molar refractivity (Wildman–Crippen MR) is 104 cm³/mol. The van der Waals surface area contributed by atoms with Gasteiger partial charge in [-0.15, -0.1) is 0 Å². The van der Waals surface area contributed by atoms with E-state index < -0.39 is 0 Å². The van der Waals surface area contributed by atoms with Crippen LogP contribution in [0.5, 0.6) is 17.4 Å². The second-order valence-corrected chi connectivity index (χ2v) is 7.16. The van der Waals surface area contributed by atoms with E-state index in [0.29, 0.717) is 13.4 Å². The number of aromatic nitrogens is 1. The zero-order valence-electron chi connectivity index (χ0n) is 15.4. The highest BCUT2D eigenvalue weighted by atomic mass is 16.7. The van der Waals surface area contributed by atoms with Gasteiger partial charge < -0.3 is 14.2 Å². The van der Waals surface area contributed by atoms with Crippen LogP contribution in [0.1, 0.15) is 16.7 Å². The molecule has 0 amide bonds. The summed E-state index contributed by atoms with van der Waals surface area (Å²) < 4.78 is 16.8. The maximum Gasteiger partial charge on any atom is 0.231 e. The van der Waals surface area contributed by atoms with Gasteiger partial charge in [0.25, 0.3) is 0 Å². The van der Waals surface area contributed by atoms with Crippen molar-refractivity contribution in [3.63, 3.8) is 0 Å². The van der Waals surface area contributed by atoms with E-state index in [1.54, 1.807) is 0 Å². The molecule has 0 saturated carbocycles. The predicted octanol–water partition coefficient (Wildman–Crippen LogP) is 3.71. The Morgan fingerprint density at radius 1 is 1.04 bits per heavy atom. The van der Waals surface area contributed by atoms with Crippen LogP contribution in [-0.4, -0.2) is 36.4 Å². The molecule has 0 bridgehead atoms. The second kappa shape index (κ2) is 6.74. The van der Waals surface area contributed by atoms with Gasteiger partial charge in [0.05, 0.1) is 5.52 Å². The van der Waals surface area contributed by atoms with Gasteiger partial charge in [-0.3, -0.25) is 4.90 Å². The largest absolute Gasteiger partial charge is 0.476 e. The first-order valence-electron chi connectivity index (χ1n) is 9.39. The minimum Gasteiger partial charge on any atom is -0.476 e. The van der Waals surface area contributed by atoms with Gasteiger partial charge in [-0.05, 0) is 42.7 Å². The molecule has 0 saturated heterocycles. The highest BCUT2D eigenvalue weighted by Gasteiger charge is 2.18. The minimum atomic E-state index is 0.319. The molecule has 5 nitrogen and oxygen atoms in total. The first-order chi connectivity index (χ1) is 13.3. The highest BCUT2D eigenvalue weighted by Crippen LogP contribution is 2.33. The van der Waals surface area contributed by atoms with E-state index >= 15 is 0 Å². The van der Waals surface area contributed by atoms with Gasteiger partial charge in [0, 0.05) is 30.6 Å². The fraction of sp³-hybridized carbons (Fsp3) is 0.318. The number of para-hydroxylation sites is 1. The molecule has 2 aliphatic rings. The Morgan fingerprint density at radius 3 is 2.93 bits per heavy atom. The van der Waals surface area contributed by atoms with Crippen LogP contribution >= 0.6 is 0 Å². The molecule has 2 aromatic carbocycles. The van der Waals surface area contributed by atoms with E-state index in [1.807, 2.05) is 6.07 Å². The van der Waals surface area contributed by atoms with Crippen LogP contribution in [0.3, 0.4) is 0 Å². The number of hydrogen-bond acceptors (Lipinski definition) is 5. The molecule has 138 valence electrons. The van der Waals surface area contributed by atoms with Crippen LogP contribution in [0.2, 0.25) is 0 Å². The fourth-order valence-corrected chi connectivity index (χ4v) is 3.78. The molecular formula is C22H22N2O3. The smallest absolute Gasteiger partial charge is 0.231 e. The van der Waals surface area contributed by atoms with Gasteiger partial charge in [0.2, 0.25) is 12.7 Å². The van der Waals surface area contributed by atoms with Crippen molar-refractivity contribution in [2.24, 2.45) is 0 Å². The molecule has 5 heteroatoms. The molecule has 0 aliphatic carbocycles. The fourth-order valence-electron chi connectivity index (χ4n) is 3.78. The first kappa shape index (κ1) is 16.4. The second-order valence-electron chi connectivity index (χ2n) is 7.16. The van der Waals surface area contributed by atoms with Gasteiger partial charge in [-0.1, -0.05) is 24.3 Å². The molecular weight excluding hydrogens is 340 g/mol. The summed E-state index contributed by atoms with van der Waals surface area (Å²) in [6.45, 7) is 5.80. The minimum absolute atomic E-state index is 0.319. The van der Waals surface area contributed by atoms with Crippen LogP contribution < -0.4 is 14.2 Å². The summed E-state index contributed by atoms with van der Waals surface area (Å²) in [5.74, 6) is 2.47. The van der Waals surface area contributed by atoms with Crippen LogP contribution in [0.4, 0.5) is 0 Å². The summed E-state index contributed by atoms with van der Waals surface area (Å²) in [4.78, 5) is 7.22. The third-order valence-electron chi connectivity index (χ3n) is 5.28. The van der Waals surface area contributed by atoms with Gasteiger partial charge in [-0.25, -0.2) is 4.98 Å². The number of pyridine rings is 1. The summed E-state index contributed by atoms with van der Waals surface area (Å²) in [5.41, 5.74) is 4.64. The quantitative estimate of drug-likeness (QED) is 0.711. The maximum absolute atomic E-state index is 5.97. The van der Waals surface area contributed by atoms with Crippen LogP contribution in [0.15, 0.2) is 42.5 Å². The van der Waals surface area contributed by atoms with Crippen molar-refractivity contribution in [2.45, 2.75) is 19.9 Å². The van der Waals surface area contributed by atoms with Gasteiger partial charge in [0.1, 0.15) is 6.61 Å². The molecule has 0 atom stereocenters. The maximum atomic E-state index is 5.97. The highest BCUT2D eigenvalue weighted by molar-refractivity contribution is 5.83. The molecule has 3 aromatic rings. The molecule has 0 spiro atoms. The summed E-state index contributed by atoms with van der Waals surface area (Å²) in [6, 6.07) is 14.7. The van der Waals surface area contributed by atoms with Crippen LogP contribution in [0, 0.1) is 6.92 Å². The number of rotatable bonds is 3. The lowest BCUT2D eigenvalue weighted by atomic mass is 10.1. The van der Waals surface area contributed by atoms with Gasteiger partial charge in [-0.2, -0.15) is 0 Å². The lowest BCUT2D eigenvalue weighted by Gasteiger charge is -2.19. The molecule has 3 heterocycles. The van der Waals surface area contributed by atoms with E-state index in [4.69, 9.17) is 19.2 Å². The first-order valence-corrected chi connectivity index (χ1v) is 9.39. The lowest BCUT2D eigenvalue weighted by molar-refractivity contribution is 0.174. The van der Waals surface area contributed by atoms with Crippen molar-refractivity contribution < 1.29 is 14.2 Å². The van der Waals surface area contributed by atoms with Crippen molar-refractivity contribution in [3.8, 4) is 17.4 Å². The SMILES string of the molecule is Cc1cccc2cc3c(nc12)OCCN(CCc1ccc2c(c1)OCO2)C3. The monoisotopic (exact) mass is 362 g/mol. The molecule has 5 rings (SSSR count). The van der Waals surface area contributed by atoms with Crippen LogP contribution in [-0.2, 0) is 13.0 Å². The van der Waals surface area contributed by atoms with E-state index in [1.165, 1.54) is 16.5 Å². The summed E-state index contributed by atoms with van der Waals surface area (Å²) >= 11 is 0.